The van der Waals surface area contributed by atoms with E-state index in [-0.39, 0.29) is 12.6 Å². The van der Waals surface area contributed by atoms with Crippen LogP contribution in [0.15, 0.2) is 72.8 Å². The van der Waals surface area contributed by atoms with Gasteiger partial charge in [0.25, 0.3) is 0 Å². The van der Waals surface area contributed by atoms with Crippen LogP contribution in [0.2, 0.25) is 0 Å². The summed E-state index contributed by atoms with van der Waals surface area (Å²) in [6, 6.07) is 22.0. The Balaban J connectivity index is 1.52. The molecular weight excluding hydrogens is 368 g/mol. The third-order valence-electron chi connectivity index (χ3n) is 4.24. The van der Waals surface area contributed by atoms with E-state index in [2.05, 4.69) is 0 Å². The third kappa shape index (κ3) is 5.69. The van der Waals surface area contributed by atoms with Crippen molar-refractivity contribution < 1.29 is 23.8 Å². The lowest BCUT2D eigenvalue weighted by molar-refractivity contribution is -0.131. The fourth-order valence-electron chi connectivity index (χ4n) is 2.77. The SMILES string of the molecule is CC(=O)Oc1ccc(-c2ccc(C(=O)OCCOc3ccccc3C)cc2)cc1. The molecular formula is C24H22O5. The Bertz CT molecular complexity index is 975. The first-order valence-corrected chi connectivity index (χ1v) is 9.27. The van der Waals surface area contributed by atoms with Crippen molar-refractivity contribution >= 4 is 11.9 Å². The molecule has 0 spiro atoms. The van der Waals surface area contributed by atoms with Crippen LogP contribution < -0.4 is 9.47 Å². The molecule has 0 amide bonds. The van der Waals surface area contributed by atoms with Gasteiger partial charge in [-0.05, 0) is 53.9 Å². The second kappa shape index (κ2) is 9.55. The Kier molecular flexibility index (Phi) is 6.63. The van der Waals surface area contributed by atoms with E-state index in [0.29, 0.717) is 17.9 Å². The first-order chi connectivity index (χ1) is 14.0. The molecule has 0 radical (unpaired) electrons. The van der Waals surface area contributed by atoms with Gasteiger partial charge in [-0.25, -0.2) is 4.79 Å². The van der Waals surface area contributed by atoms with Crippen molar-refractivity contribution in [3.05, 3.63) is 83.9 Å². The minimum absolute atomic E-state index is 0.173. The number of esters is 2. The van der Waals surface area contributed by atoms with E-state index in [1.165, 1.54) is 6.92 Å². The summed E-state index contributed by atoms with van der Waals surface area (Å²) in [5.41, 5.74) is 3.41. The molecule has 0 saturated heterocycles. The summed E-state index contributed by atoms with van der Waals surface area (Å²) in [4.78, 5) is 23.2. The Morgan fingerprint density at radius 1 is 0.793 bits per heavy atom. The predicted octanol–water partition coefficient (Wildman–Crippen LogP) is 4.82. The number of carbonyl (C=O) groups excluding carboxylic acids is 2. The monoisotopic (exact) mass is 390 g/mol. The van der Waals surface area contributed by atoms with Crippen molar-refractivity contribution in [2.45, 2.75) is 13.8 Å². The summed E-state index contributed by atoms with van der Waals surface area (Å²) in [7, 11) is 0. The number of carbonyl (C=O) groups is 2. The third-order valence-corrected chi connectivity index (χ3v) is 4.24. The molecule has 148 valence electrons. The minimum Gasteiger partial charge on any atom is -0.490 e. The predicted molar refractivity (Wildman–Crippen MR) is 110 cm³/mol. The van der Waals surface area contributed by atoms with E-state index < -0.39 is 5.97 Å². The summed E-state index contributed by atoms with van der Waals surface area (Å²) >= 11 is 0. The number of para-hydroxylation sites is 1. The van der Waals surface area contributed by atoms with Gasteiger partial charge in [0.15, 0.2) is 0 Å². The van der Waals surface area contributed by atoms with Gasteiger partial charge in [0.2, 0.25) is 0 Å². The van der Waals surface area contributed by atoms with Gasteiger partial charge in [0, 0.05) is 6.92 Å². The number of hydrogen-bond donors (Lipinski definition) is 0. The second-order valence-corrected chi connectivity index (χ2v) is 6.45. The van der Waals surface area contributed by atoms with Crippen molar-refractivity contribution in [3.63, 3.8) is 0 Å². The van der Waals surface area contributed by atoms with Crippen molar-refractivity contribution in [2.24, 2.45) is 0 Å². The van der Waals surface area contributed by atoms with Crippen LogP contribution in [0.3, 0.4) is 0 Å². The quantitative estimate of drug-likeness (QED) is 0.329. The highest BCUT2D eigenvalue weighted by Crippen LogP contribution is 2.23. The summed E-state index contributed by atoms with van der Waals surface area (Å²) in [6.07, 6.45) is 0. The summed E-state index contributed by atoms with van der Waals surface area (Å²) in [6.45, 7) is 3.79. The van der Waals surface area contributed by atoms with Crippen LogP contribution in [0, 0.1) is 6.92 Å². The van der Waals surface area contributed by atoms with Gasteiger partial charge in [-0.2, -0.15) is 0 Å². The first-order valence-electron chi connectivity index (χ1n) is 9.27. The van der Waals surface area contributed by atoms with E-state index in [9.17, 15) is 9.59 Å². The van der Waals surface area contributed by atoms with Crippen LogP contribution in [-0.4, -0.2) is 25.2 Å². The number of hydrogen-bond acceptors (Lipinski definition) is 5. The molecule has 0 fully saturated rings. The molecule has 5 nitrogen and oxygen atoms in total. The molecule has 0 N–H and O–H groups in total. The fourth-order valence-corrected chi connectivity index (χ4v) is 2.77. The molecule has 0 saturated carbocycles. The highest BCUT2D eigenvalue weighted by atomic mass is 16.6. The van der Waals surface area contributed by atoms with Crippen LogP contribution >= 0.6 is 0 Å². The molecule has 3 aromatic carbocycles. The largest absolute Gasteiger partial charge is 0.490 e. The maximum absolute atomic E-state index is 12.2. The molecule has 0 bridgehead atoms. The average molecular weight is 390 g/mol. The highest BCUT2D eigenvalue weighted by Gasteiger charge is 2.08. The smallest absolute Gasteiger partial charge is 0.338 e. The van der Waals surface area contributed by atoms with Crippen molar-refractivity contribution in [2.75, 3.05) is 13.2 Å². The molecule has 0 aliphatic rings. The average Bonchev–Trinajstić information content (AvgIpc) is 2.72. The maximum atomic E-state index is 12.2. The second-order valence-electron chi connectivity index (χ2n) is 6.45. The molecule has 0 heterocycles. The molecule has 0 aliphatic heterocycles. The minimum atomic E-state index is -0.393. The van der Waals surface area contributed by atoms with Gasteiger partial charge < -0.3 is 14.2 Å². The zero-order valence-corrected chi connectivity index (χ0v) is 16.4. The summed E-state index contributed by atoms with van der Waals surface area (Å²) in [5, 5.41) is 0. The number of aryl methyl sites for hydroxylation is 1. The standard InChI is InChI=1S/C24H22O5/c1-17-5-3-4-6-23(17)27-15-16-28-24(26)21-9-7-19(8-10-21)20-11-13-22(14-12-20)29-18(2)25/h3-14H,15-16H2,1-2H3. The Morgan fingerprint density at radius 3 is 2.03 bits per heavy atom. The van der Waals surface area contributed by atoms with Crippen LogP contribution in [-0.2, 0) is 9.53 Å². The Hall–Kier alpha value is -3.60. The van der Waals surface area contributed by atoms with Gasteiger partial charge in [-0.3, -0.25) is 4.79 Å². The molecule has 5 heteroatoms. The number of ether oxygens (including phenoxy) is 3. The lowest BCUT2D eigenvalue weighted by Gasteiger charge is -2.10. The molecule has 0 unspecified atom stereocenters. The molecule has 3 rings (SSSR count). The van der Waals surface area contributed by atoms with Crippen LogP contribution in [0.1, 0.15) is 22.8 Å². The van der Waals surface area contributed by atoms with Crippen molar-refractivity contribution in [1.29, 1.82) is 0 Å². The molecule has 3 aromatic rings. The van der Waals surface area contributed by atoms with Crippen molar-refractivity contribution in [1.82, 2.24) is 0 Å². The summed E-state index contributed by atoms with van der Waals surface area (Å²) < 4.78 is 15.9. The molecule has 0 aromatic heterocycles. The van der Waals surface area contributed by atoms with Crippen LogP contribution in [0.5, 0.6) is 11.5 Å². The lowest BCUT2D eigenvalue weighted by Crippen LogP contribution is -2.12. The topological polar surface area (TPSA) is 61.8 Å². The van der Waals surface area contributed by atoms with E-state index >= 15 is 0 Å². The van der Waals surface area contributed by atoms with E-state index in [0.717, 1.165) is 22.4 Å². The van der Waals surface area contributed by atoms with E-state index in [1.54, 1.807) is 24.3 Å². The molecule has 0 atom stereocenters. The highest BCUT2D eigenvalue weighted by molar-refractivity contribution is 5.90. The maximum Gasteiger partial charge on any atom is 0.338 e. The molecule has 0 aliphatic carbocycles. The van der Waals surface area contributed by atoms with Crippen molar-refractivity contribution in [3.8, 4) is 22.6 Å². The Morgan fingerprint density at radius 2 is 1.41 bits per heavy atom. The number of rotatable bonds is 7. The van der Waals surface area contributed by atoms with Crippen LogP contribution in [0.4, 0.5) is 0 Å². The van der Waals surface area contributed by atoms with Crippen LogP contribution in [0.25, 0.3) is 11.1 Å². The van der Waals surface area contributed by atoms with Gasteiger partial charge >= 0.3 is 11.9 Å². The zero-order valence-electron chi connectivity index (χ0n) is 16.4. The van der Waals surface area contributed by atoms with Gasteiger partial charge in [-0.1, -0.05) is 42.5 Å². The first kappa shape index (κ1) is 20.1. The zero-order chi connectivity index (χ0) is 20.6. The normalized spacial score (nSPS) is 10.3. The summed E-state index contributed by atoms with van der Waals surface area (Å²) in [5.74, 6) is 0.530. The lowest BCUT2D eigenvalue weighted by atomic mass is 10.0. The fraction of sp³-hybridized carbons (Fsp3) is 0.167. The molecule has 29 heavy (non-hydrogen) atoms. The van der Waals surface area contributed by atoms with E-state index in [4.69, 9.17) is 14.2 Å². The van der Waals surface area contributed by atoms with Gasteiger partial charge in [0.05, 0.1) is 5.56 Å². The number of benzene rings is 3. The van der Waals surface area contributed by atoms with E-state index in [1.807, 2.05) is 55.5 Å². The van der Waals surface area contributed by atoms with Gasteiger partial charge in [0.1, 0.15) is 24.7 Å². The van der Waals surface area contributed by atoms with Gasteiger partial charge in [-0.15, -0.1) is 0 Å². The Labute approximate surface area is 169 Å².